The van der Waals surface area contributed by atoms with Crippen molar-refractivity contribution in [2.75, 3.05) is 31.1 Å². The average molecular weight is 380 g/mol. The third-order valence-electron chi connectivity index (χ3n) is 4.97. The van der Waals surface area contributed by atoms with E-state index in [9.17, 15) is 4.79 Å². The van der Waals surface area contributed by atoms with Crippen LogP contribution in [-0.4, -0.2) is 35.6 Å². The highest BCUT2D eigenvalue weighted by Gasteiger charge is 2.15. The van der Waals surface area contributed by atoms with E-state index in [2.05, 4.69) is 21.3 Å². The Balaban J connectivity index is 1.55. The molecule has 0 saturated carbocycles. The molecule has 6 nitrogen and oxygen atoms in total. The molecular weight excluding hydrogens is 360 g/mol. The van der Waals surface area contributed by atoms with Crippen LogP contribution in [0.5, 0.6) is 0 Å². The first-order chi connectivity index (χ1) is 13.2. The van der Waals surface area contributed by atoms with Gasteiger partial charge in [0.2, 0.25) is 0 Å². The van der Waals surface area contributed by atoms with Crippen LogP contribution in [-0.2, 0) is 0 Å². The van der Waals surface area contributed by atoms with Crippen LogP contribution in [0.3, 0.4) is 0 Å². The maximum atomic E-state index is 12.6. The van der Waals surface area contributed by atoms with Crippen LogP contribution >= 0.6 is 11.3 Å². The minimum Gasteiger partial charge on any atom is -0.422 e. The molecule has 0 atom stereocenters. The molecule has 0 unspecified atom stereocenters. The molecule has 3 aromatic heterocycles. The third-order valence-corrected chi connectivity index (χ3v) is 5.88. The lowest BCUT2D eigenvalue weighted by Gasteiger charge is -2.22. The fraction of sp³-hybridized carbons (Fsp3) is 0.300. The zero-order chi connectivity index (χ0) is 18.4. The highest BCUT2D eigenvalue weighted by atomic mass is 32.1. The van der Waals surface area contributed by atoms with Gasteiger partial charge in [-0.3, -0.25) is 4.40 Å². The van der Waals surface area contributed by atoms with E-state index in [1.807, 2.05) is 41.9 Å². The largest absolute Gasteiger partial charge is 0.422 e. The second-order valence-electron chi connectivity index (χ2n) is 6.92. The van der Waals surface area contributed by atoms with Crippen molar-refractivity contribution >= 4 is 33.0 Å². The Morgan fingerprint density at radius 2 is 2.11 bits per heavy atom. The molecule has 138 valence electrons. The number of aryl methyl sites for hydroxylation is 1. The molecule has 0 spiro atoms. The van der Waals surface area contributed by atoms with E-state index in [4.69, 9.17) is 4.42 Å². The van der Waals surface area contributed by atoms with Gasteiger partial charge < -0.3 is 14.6 Å². The average Bonchev–Trinajstić information content (AvgIpc) is 3.06. The molecule has 1 aliphatic rings. The summed E-state index contributed by atoms with van der Waals surface area (Å²) < 4.78 is 7.62. The fourth-order valence-electron chi connectivity index (χ4n) is 3.62. The minimum atomic E-state index is -0.348. The Morgan fingerprint density at radius 3 is 3.00 bits per heavy atom. The number of nitrogens with one attached hydrogen (secondary N) is 1. The Kier molecular flexibility index (Phi) is 3.98. The number of hydrogen-bond donors (Lipinski definition) is 1. The number of imidazole rings is 1. The maximum Gasteiger partial charge on any atom is 0.345 e. The predicted molar refractivity (Wildman–Crippen MR) is 109 cm³/mol. The molecule has 1 aliphatic heterocycles. The van der Waals surface area contributed by atoms with Gasteiger partial charge in [0, 0.05) is 54.0 Å². The molecule has 0 amide bonds. The summed E-state index contributed by atoms with van der Waals surface area (Å²) >= 11 is 1.61. The number of nitrogens with zero attached hydrogens (tertiary/aromatic N) is 3. The summed E-state index contributed by atoms with van der Waals surface area (Å²) in [5, 5.41) is 4.32. The summed E-state index contributed by atoms with van der Waals surface area (Å²) in [5.74, 6) is 0. The Hall–Kier alpha value is -2.64. The van der Waals surface area contributed by atoms with Crippen LogP contribution in [0, 0.1) is 6.92 Å². The molecule has 1 aromatic carbocycles. The summed E-state index contributed by atoms with van der Waals surface area (Å²) in [6.07, 6.45) is 5.01. The van der Waals surface area contributed by atoms with E-state index in [-0.39, 0.29) is 5.63 Å². The summed E-state index contributed by atoms with van der Waals surface area (Å²) in [7, 11) is 0. The molecule has 27 heavy (non-hydrogen) atoms. The van der Waals surface area contributed by atoms with Gasteiger partial charge in [0.05, 0.1) is 11.3 Å². The van der Waals surface area contributed by atoms with Crippen LogP contribution in [0.25, 0.3) is 27.2 Å². The first kappa shape index (κ1) is 16.5. The van der Waals surface area contributed by atoms with Crippen molar-refractivity contribution in [1.82, 2.24) is 14.7 Å². The predicted octanol–water partition coefficient (Wildman–Crippen LogP) is 3.28. The summed E-state index contributed by atoms with van der Waals surface area (Å²) in [6, 6.07) is 7.99. The molecular formula is C20H20N4O2S. The highest BCUT2D eigenvalue weighted by molar-refractivity contribution is 7.17. The lowest BCUT2D eigenvalue weighted by Crippen LogP contribution is -2.27. The van der Waals surface area contributed by atoms with E-state index < -0.39 is 0 Å². The highest BCUT2D eigenvalue weighted by Crippen LogP contribution is 2.26. The van der Waals surface area contributed by atoms with Crippen molar-refractivity contribution in [1.29, 1.82) is 0 Å². The number of rotatable bonds is 2. The first-order valence-electron chi connectivity index (χ1n) is 9.16. The zero-order valence-corrected chi connectivity index (χ0v) is 15.9. The molecule has 1 fully saturated rings. The number of fused-ring (bicyclic) bond motifs is 2. The van der Waals surface area contributed by atoms with Crippen LogP contribution in [0.1, 0.15) is 11.3 Å². The Morgan fingerprint density at radius 1 is 1.19 bits per heavy atom. The van der Waals surface area contributed by atoms with E-state index in [1.54, 1.807) is 11.3 Å². The number of benzene rings is 1. The molecule has 4 heterocycles. The lowest BCUT2D eigenvalue weighted by atomic mass is 10.1. The van der Waals surface area contributed by atoms with Gasteiger partial charge in [0.15, 0.2) is 4.96 Å². The molecule has 1 saturated heterocycles. The molecule has 7 heteroatoms. The van der Waals surface area contributed by atoms with Crippen LogP contribution in [0.4, 0.5) is 5.69 Å². The SMILES string of the molecule is Cc1cn2cc(-c3cc4ccc(N5CCCNCC5)cc4oc3=O)nc2s1. The van der Waals surface area contributed by atoms with Crippen molar-refractivity contribution in [3.05, 3.63) is 52.0 Å². The van der Waals surface area contributed by atoms with E-state index in [1.165, 1.54) is 4.88 Å². The summed E-state index contributed by atoms with van der Waals surface area (Å²) in [5.41, 5.74) is 2.53. The van der Waals surface area contributed by atoms with E-state index >= 15 is 0 Å². The van der Waals surface area contributed by atoms with Gasteiger partial charge in [0.25, 0.3) is 0 Å². The van der Waals surface area contributed by atoms with E-state index in [0.717, 1.165) is 48.6 Å². The first-order valence-corrected chi connectivity index (χ1v) is 9.98. The molecule has 1 N–H and O–H groups in total. The second kappa shape index (κ2) is 6.51. The maximum absolute atomic E-state index is 12.6. The summed E-state index contributed by atoms with van der Waals surface area (Å²) in [4.78, 5) is 21.6. The van der Waals surface area contributed by atoms with Crippen molar-refractivity contribution in [3.63, 3.8) is 0 Å². The molecule has 0 bridgehead atoms. The Bertz CT molecular complexity index is 1150. The number of aromatic nitrogens is 2. The summed E-state index contributed by atoms with van der Waals surface area (Å²) in [6.45, 7) is 6.02. The van der Waals surface area contributed by atoms with Crippen molar-refractivity contribution in [2.45, 2.75) is 13.3 Å². The van der Waals surface area contributed by atoms with Crippen LogP contribution in [0.2, 0.25) is 0 Å². The van der Waals surface area contributed by atoms with E-state index in [0.29, 0.717) is 16.8 Å². The van der Waals surface area contributed by atoms with Gasteiger partial charge in [-0.2, -0.15) is 0 Å². The molecule has 4 aromatic rings. The smallest absolute Gasteiger partial charge is 0.345 e. The second-order valence-corrected chi connectivity index (χ2v) is 8.13. The normalized spacial score (nSPS) is 15.5. The molecule has 5 rings (SSSR count). The third kappa shape index (κ3) is 3.02. The molecule has 0 radical (unpaired) electrons. The minimum absolute atomic E-state index is 0.348. The Labute approximate surface area is 160 Å². The number of hydrogen-bond acceptors (Lipinski definition) is 6. The number of anilines is 1. The van der Waals surface area contributed by atoms with Crippen molar-refractivity contribution in [3.8, 4) is 11.3 Å². The number of thiazole rings is 1. The topological polar surface area (TPSA) is 62.8 Å². The van der Waals surface area contributed by atoms with Gasteiger partial charge in [-0.25, -0.2) is 9.78 Å². The standard InChI is InChI=1S/C20H20N4O2S/c1-13-11-24-12-17(22-20(24)27-13)16-9-14-3-4-15(10-18(14)26-19(16)25)23-7-2-5-21-6-8-23/h3-4,9-12,21H,2,5-8H2,1H3. The fourth-order valence-corrected chi connectivity index (χ4v) is 4.43. The molecule has 0 aliphatic carbocycles. The van der Waals surface area contributed by atoms with Gasteiger partial charge >= 0.3 is 5.63 Å². The lowest BCUT2D eigenvalue weighted by molar-refractivity contribution is 0.563. The van der Waals surface area contributed by atoms with Gasteiger partial charge in [-0.1, -0.05) is 0 Å². The van der Waals surface area contributed by atoms with Crippen molar-refractivity contribution in [2.24, 2.45) is 0 Å². The quantitative estimate of drug-likeness (QED) is 0.541. The van der Waals surface area contributed by atoms with Crippen molar-refractivity contribution < 1.29 is 4.42 Å². The van der Waals surface area contributed by atoms with Gasteiger partial charge in [0.1, 0.15) is 5.58 Å². The van der Waals surface area contributed by atoms with Crippen LogP contribution in [0.15, 0.2) is 45.9 Å². The van der Waals surface area contributed by atoms with Gasteiger partial charge in [-0.15, -0.1) is 11.3 Å². The van der Waals surface area contributed by atoms with Gasteiger partial charge in [-0.05, 0) is 38.1 Å². The van der Waals surface area contributed by atoms with Crippen LogP contribution < -0.4 is 15.8 Å². The monoisotopic (exact) mass is 380 g/mol. The zero-order valence-electron chi connectivity index (χ0n) is 15.1.